The van der Waals surface area contributed by atoms with Crippen LogP contribution in [-0.2, 0) is 0 Å². The largest absolute Gasteiger partial charge is 0.309 e. The maximum Gasteiger partial charge on any atom is -0.00248 e. The maximum absolute atomic E-state index is 2.34. The van der Waals surface area contributed by atoms with Crippen LogP contribution in [0.5, 0.6) is 0 Å². The Morgan fingerprint density at radius 2 is 0.720 bits per heavy atom. The molecule has 0 spiro atoms. The third kappa shape index (κ3) is 24.0. The molecule has 0 saturated carbocycles. The summed E-state index contributed by atoms with van der Waals surface area (Å²) in [5.74, 6) is 0.896. The summed E-state index contributed by atoms with van der Waals surface area (Å²) in [6.07, 6.45) is 26.3. The molecule has 25 heavy (non-hydrogen) atoms. The van der Waals surface area contributed by atoms with Crippen molar-refractivity contribution >= 4 is 0 Å². The van der Waals surface area contributed by atoms with Gasteiger partial charge in [-0.1, -0.05) is 123 Å². The van der Waals surface area contributed by atoms with Crippen LogP contribution in [0, 0.1) is 5.92 Å². The highest BCUT2D eigenvalue weighted by molar-refractivity contribution is 4.52. The Bertz CT molecular complexity index is 210. The molecule has 0 heterocycles. The van der Waals surface area contributed by atoms with Crippen LogP contribution in [0.25, 0.3) is 0 Å². The Kier molecular flexibility index (Phi) is 20.2. The predicted molar refractivity (Wildman–Crippen MR) is 116 cm³/mol. The summed E-state index contributed by atoms with van der Waals surface area (Å²) in [6, 6.07) is 0. The van der Waals surface area contributed by atoms with Crippen molar-refractivity contribution in [3.8, 4) is 0 Å². The van der Waals surface area contributed by atoms with Crippen molar-refractivity contribution in [2.45, 2.75) is 129 Å². The molecule has 0 aromatic rings. The zero-order chi connectivity index (χ0) is 18.6. The normalized spacial score (nSPS) is 11.8. The Labute approximate surface area is 161 Å². The average molecular weight is 354 g/mol. The second-order valence-electron chi connectivity index (χ2n) is 9.00. The molecule has 0 atom stereocenters. The third-order valence-corrected chi connectivity index (χ3v) is 5.39. The van der Waals surface area contributed by atoms with E-state index < -0.39 is 0 Å². The minimum Gasteiger partial charge on any atom is -0.309 e. The van der Waals surface area contributed by atoms with Crippen LogP contribution < -0.4 is 0 Å². The summed E-state index contributed by atoms with van der Waals surface area (Å²) in [4.78, 5) is 2.30. The Balaban J connectivity index is 2.98. The van der Waals surface area contributed by atoms with E-state index in [0.29, 0.717) is 0 Å². The summed E-state index contributed by atoms with van der Waals surface area (Å²) in [6.45, 7) is 5.94. The van der Waals surface area contributed by atoms with E-state index in [-0.39, 0.29) is 0 Å². The van der Waals surface area contributed by atoms with Crippen LogP contribution in [0.2, 0.25) is 0 Å². The fraction of sp³-hybridized carbons (Fsp3) is 1.00. The van der Waals surface area contributed by atoms with E-state index in [9.17, 15) is 0 Å². The molecule has 0 aromatic heterocycles. The standard InChI is InChI=1S/C24H51N/c1-24(2)22-20-18-16-14-12-10-8-6-5-7-9-11-13-15-17-19-21-23-25(3)4/h24H,5-23H2,1-4H3. The van der Waals surface area contributed by atoms with Gasteiger partial charge in [-0.15, -0.1) is 0 Å². The van der Waals surface area contributed by atoms with Crippen LogP contribution in [0.15, 0.2) is 0 Å². The molecule has 1 heteroatoms. The van der Waals surface area contributed by atoms with Crippen molar-refractivity contribution in [1.82, 2.24) is 4.90 Å². The second-order valence-corrected chi connectivity index (χ2v) is 9.00. The smallest absolute Gasteiger partial charge is 0.00248 e. The molecule has 0 bridgehead atoms. The van der Waals surface area contributed by atoms with Gasteiger partial charge in [0.05, 0.1) is 0 Å². The van der Waals surface area contributed by atoms with E-state index in [1.54, 1.807) is 0 Å². The van der Waals surface area contributed by atoms with E-state index in [1.807, 2.05) is 0 Å². The molecular formula is C24H51N. The lowest BCUT2D eigenvalue weighted by Gasteiger charge is -2.08. The Morgan fingerprint density at radius 3 is 1.00 bits per heavy atom. The van der Waals surface area contributed by atoms with E-state index >= 15 is 0 Å². The van der Waals surface area contributed by atoms with Crippen LogP contribution >= 0.6 is 0 Å². The molecule has 0 radical (unpaired) electrons. The number of unbranched alkanes of at least 4 members (excludes halogenated alkanes) is 16. The zero-order valence-electron chi connectivity index (χ0n) is 18.5. The minimum absolute atomic E-state index is 0.896. The van der Waals surface area contributed by atoms with Gasteiger partial charge < -0.3 is 4.90 Å². The fourth-order valence-corrected chi connectivity index (χ4v) is 3.63. The number of rotatable bonds is 20. The van der Waals surface area contributed by atoms with Gasteiger partial charge >= 0.3 is 0 Å². The van der Waals surface area contributed by atoms with Crippen molar-refractivity contribution in [2.75, 3.05) is 20.6 Å². The van der Waals surface area contributed by atoms with Crippen LogP contribution in [0.4, 0.5) is 0 Å². The van der Waals surface area contributed by atoms with Crippen molar-refractivity contribution < 1.29 is 0 Å². The lowest BCUT2D eigenvalue weighted by Crippen LogP contribution is -2.12. The first kappa shape index (κ1) is 25.0. The average Bonchev–Trinajstić information content (AvgIpc) is 2.56. The minimum atomic E-state index is 0.896. The van der Waals surface area contributed by atoms with Gasteiger partial charge in [0.2, 0.25) is 0 Å². The lowest BCUT2D eigenvalue weighted by atomic mass is 10.0. The highest BCUT2D eigenvalue weighted by Crippen LogP contribution is 2.15. The van der Waals surface area contributed by atoms with Gasteiger partial charge in [0.15, 0.2) is 0 Å². The molecule has 0 aromatic carbocycles. The van der Waals surface area contributed by atoms with Crippen LogP contribution in [0.3, 0.4) is 0 Å². The lowest BCUT2D eigenvalue weighted by molar-refractivity contribution is 0.389. The molecule has 0 aliphatic rings. The molecule has 0 rings (SSSR count). The van der Waals surface area contributed by atoms with Gasteiger partial charge in [-0.25, -0.2) is 0 Å². The summed E-state index contributed by atoms with van der Waals surface area (Å²) in [5.41, 5.74) is 0. The van der Waals surface area contributed by atoms with E-state index in [2.05, 4.69) is 32.8 Å². The first-order valence-electron chi connectivity index (χ1n) is 11.8. The second kappa shape index (κ2) is 20.3. The first-order valence-corrected chi connectivity index (χ1v) is 11.8. The summed E-state index contributed by atoms with van der Waals surface area (Å²) < 4.78 is 0. The van der Waals surface area contributed by atoms with Gasteiger partial charge in [-0.2, -0.15) is 0 Å². The summed E-state index contributed by atoms with van der Waals surface area (Å²) in [5, 5.41) is 0. The topological polar surface area (TPSA) is 3.24 Å². The fourth-order valence-electron chi connectivity index (χ4n) is 3.63. The Hall–Kier alpha value is -0.0400. The zero-order valence-corrected chi connectivity index (χ0v) is 18.5. The monoisotopic (exact) mass is 353 g/mol. The molecule has 0 saturated heterocycles. The van der Waals surface area contributed by atoms with E-state index in [1.165, 1.54) is 122 Å². The van der Waals surface area contributed by atoms with Gasteiger partial charge in [0, 0.05) is 0 Å². The van der Waals surface area contributed by atoms with Crippen LogP contribution in [0.1, 0.15) is 129 Å². The predicted octanol–water partition coefficient (Wildman–Crippen LogP) is 8.23. The van der Waals surface area contributed by atoms with Crippen molar-refractivity contribution in [3.05, 3.63) is 0 Å². The molecule has 1 nitrogen and oxygen atoms in total. The summed E-state index contributed by atoms with van der Waals surface area (Å²) >= 11 is 0. The SMILES string of the molecule is CC(C)CCCCCCCCCCCCCCCCCCCN(C)C. The van der Waals surface area contributed by atoms with Crippen molar-refractivity contribution in [3.63, 3.8) is 0 Å². The Morgan fingerprint density at radius 1 is 0.440 bits per heavy atom. The van der Waals surface area contributed by atoms with Crippen LogP contribution in [-0.4, -0.2) is 25.5 Å². The van der Waals surface area contributed by atoms with Gasteiger partial charge in [-0.3, -0.25) is 0 Å². The first-order chi connectivity index (χ1) is 12.1. The van der Waals surface area contributed by atoms with E-state index in [0.717, 1.165) is 5.92 Å². The molecule has 0 aliphatic carbocycles. The maximum atomic E-state index is 2.34. The molecule has 0 unspecified atom stereocenters. The van der Waals surface area contributed by atoms with E-state index in [4.69, 9.17) is 0 Å². The molecule has 152 valence electrons. The van der Waals surface area contributed by atoms with Gasteiger partial charge in [-0.05, 0) is 33.0 Å². The molecule has 0 N–H and O–H groups in total. The molecule has 0 aliphatic heterocycles. The molecule has 0 fully saturated rings. The number of hydrogen-bond acceptors (Lipinski definition) is 1. The highest BCUT2D eigenvalue weighted by Gasteiger charge is 1.96. The summed E-state index contributed by atoms with van der Waals surface area (Å²) in [7, 11) is 4.35. The number of nitrogens with zero attached hydrogens (tertiary/aromatic N) is 1. The quantitative estimate of drug-likeness (QED) is 0.199. The molecular weight excluding hydrogens is 302 g/mol. The highest BCUT2D eigenvalue weighted by atomic mass is 15.0. The van der Waals surface area contributed by atoms with Gasteiger partial charge in [0.1, 0.15) is 0 Å². The van der Waals surface area contributed by atoms with Crippen molar-refractivity contribution in [1.29, 1.82) is 0 Å². The van der Waals surface area contributed by atoms with Gasteiger partial charge in [0.25, 0.3) is 0 Å². The third-order valence-electron chi connectivity index (χ3n) is 5.39. The molecule has 0 amide bonds. The van der Waals surface area contributed by atoms with Crippen molar-refractivity contribution in [2.24, 2.45) is 5.92 Å². The number of hydrogen-bond donors (Lipinski definition) is 0.